The Kier molecular flexibility index (Phi) is 4.88. The number of fused-ring (bicyclic) bond motifs is 2. The number of likely N-dealkylation sites (tertiary alicyclic amines) is 1. The second kappa shape index (κ2) is 7.26. The van der Waals surface area contributed by atoms with Crippen molar-refractivity contribution in [2.45, 2.75) is 58.0 Å². The molecule has 2 bridgehead atoms. The van der Waals surface area contributed by atoms with E-state index in [1.54, 1.807) is 0 Å². The summed E-state index contributed by atoms with van der Waals surface area (Å²) in [6, 6.07) is 8.78. The van der Waals surface area contributed by atoms with Crippen molar-refractivity contribution in [1.29, 1.82) is 0 Å². The van der Waals surface area contributed by atoms with Gasteiger partial charge in [-0.25, -0.2) is 0 Å². The van der Waals surface area contributed by atoms with E-state index in [4.69, 9.17) is 0 Å². The molecule has 2 saturated carbocycles. The number of benzene rings is 1. The number of hydrogen-bond donors (Lipinski definition) is 1. The van der Waals surface area contributed by atoms with Gasteiger partial charge in [-0.05, 0) is 74.1 Å². The second-order valence-corrected chi connectivity index (χ2v) is 8.22. The first-order valence-electron chi connectivity index (χ1n) is 9.83. The first-order chi connectivity index (χ1) is 11.8. The quantitative estimate of drug-likeness (QED) is 0.864. The van der Waals surface area contributed by atoms with Gasteiger partial charge in [-0.2, -0.15) is 0 Å². The summed E-state index contributed by atoms with van der Waals surface area (Å²) in [5.74, 6) is 2.67. The van der Waals surface area contributed by atoms with Crippen molar-refractivity contribution in [3.63, 3.8) is 0 Å². The molecule has 2 aliphatic carbocycles. The molecule has 3 atom stereocenters. The van der Waals surface area contributed by atoms with Gasteiger partial charge in [0.25, 0.3) is 0 Å². The van der Waals surface area contributed by atoms with Crippen LogP contribution >= 0.6 is 0 Å². The SMILES string of the molecule is O=C(C[C@H]1C[C@H]2CC[C@@H]1C2)NCc1ccc(CN2CCCC2)cc1. The smallest absolute Gasteiger partial charge is 0.220 e. The van der Waals surface area contributed by atoms with Crippen molar-refractivity contribution in [2.75, 3.05) is 13.1 Å². The summed E-state index contributed by atoms with van der Waals surface area (Å²) in [4.78, 5) is 14.7. The number of carbonyl (C=O) groups excluding carboxylic acids is 1. The van der Waals surface area contributed by atoms with Gasteiger partial charge in [0.05, 0.1) is 0 Å². The van der Waals surface area contributed by atoms with E-state index in [1.807, 2.05) is 0 Å². The van der Waals surface area contributed by atoms with E-state index in [9.17, 15) is 4.79 Å². The summed E-state index contributed by atoms with van der Waals surface area (Å²) in [5, 5.41) is 3.13. The third-order valence-electron chi connectivity index (χ3n) is 6.45. The fourth-order valence-corrected chi connectivity index (χ4v) is 5.10. The molecule has 3 fully saturated rings. The maximum Gasteiger partial charge on any atom is 0.220 e. The number of nitrogens with one attached hydrogen (secondary N) is 1. The minimum absolute atomic E-state index is 0.244. The summed E-state index contributed by atoms with van der Waals surface area (Å²) in [5.41, 5.74) is 2.59. The van der Waals surface area contributed by atoms with Crippen LogP contribution < -0.4 is 5.32 Å². The van der Waals surface area contributed by atoms with Crippen molar-refractivity contribution in [3.05, 3.63) is 35.4 Å². The molecule has 1 amide bonds. The largest absolute Gasteiger partial charge is 0.352 e. The molecule has 1 aromatic carbocycles. The molecule has 3 aliphatic rings. The molecule has 1 N–H and O–H groups in total. The van der Waals surface area contributed by atoms with Gasteiger partial charge in [0.1, 0.15) is 0 Å². The van der Waals surface area contributed by atoms with Gasteiger partial charge < -0.3 is 5.32 Å². The number of nitrogens with zero attached hydrogens (tertiary/aromatic N) is 1. The zero-order valence-corrected chi connectivity index (χ0v) is 14.7. The highest BCUT2D eigenvalue weighted by atomic mass is 16.1. The van der Waals surface area contributed by atoms with Crippen molar-refractivity contribution in [2.24, 2.45) is 17.8 Å². The molecule has 0 radical (unpaired) electrons. The Morgan fingerprint density at radius 3 is 2.46 bits per heavy atom. The maximum absolute atomic E-state index is 12.2. The minimum Gasteiger partial charge on any atom is -0.352 e. The molecule has 130 valence electrons. The van der Waals surface area contributed by atoms with E-state index in [-0.39, 0.29) is 5.91 Å². The number of carbonyl (C=O) groups is 1. The summed E-state index contributed by atoms with van der Waals surface area (Å²) >= 11 is 0. The number of rotatable bonds is 6. The van der Waals surface area contributed by atoms with E-state index in [0.29, 0.717) is 12.5 Å². The van der Waals surface area contributed by atoms with Crippen molar-refractivity contribution in [3.8, 4) is 0 Å². The zero-order valence-electron chi connectivity index (χ0n) is 14.7. The highest BCUT2D eigenvalue weighted by Gasteiger charge is 2.39. The molecular weight excluding hydrogens is 296 g/mol. The van der Waals surface area contributed by atoms with E-state index >= 15 is 0 Å². The zero-order chi connectivity index (χ0) is 16.4. The maximum atomic E-state index is 12.2. The Balaban J connectivity index is 1.21. The molecule has 1 saturated heterocycles. The van der Waals surface area contributed by atoms with Crippen LogP contribution in [-0.2, 0) is 17.9 Å². The summed E-state index contributed by atoms with van der Waals surface area (Å²) < 4.78 is 0. The van der Waals surface area contributed by atoms with E-state index < -0.39 is 0 Å². The Hall–Kier alpha value is -1.35. The average Bonchev–Trinajstić information content (AvgIpc) is 3.32. The monoisotopic (exact) mass is 326 g/mol. The van der Waals surface area contributed by atoms with Crippen molar-refractivity contribution < 1.29 is 4.79 Å². The lowest BCUT2D eigenvalue weighted by Crippen LogP contribution is -2.26. The molecule has 1 aromatic rings. The fraction of sp³-hybridized carbons (Fsp3) is 0.667. The third-order valence-corrected chi connectivity index (χ3v) is 6.45. The van der Waals surface area contributed by atoms with Crippen molar-refractivity contribution in [1.82, 2.24) is 10.2 Å². The van der Waals surface area contributed by atoms with Crippen molar-refractivity contribution >= 4 is 5.91 Å². The second-order valence-electron chi connectivity index (χ2n) is 8.22. The van der Waals surface area contributed by atoms with Crippen LogP contribution in [0, 0.1) is 17.8 Å². The van der Waals surface area contributed by atoms with Crippen LogP contribution in [0.25, 0.3) is 0 Å². The minimum atomic E-state index is 0.244. The molecule has 3 nitrogen and oxygen atoms in total. The third kappa shape index (κ3) is 3.83. The molecule has 0 spiro atoms. The highest BCUT2D eigenvalue weighted by Crippen LogP contribution is 2.49. The highest BCUT2D eigenvalue weighted by molar-refractivity contribution is 5.76. The topological polar surface area (TPSA) is 32.3 Å². The van der Waals surface area contributed by atoms with Gasteiger partial charge in [0.15, 0.2) is 0 Å². The summed E-state index contributed by atoms with van der Waals surface area (Å²) in [6.45, 7) is 4.21. The predicted octanol–water partition coefficient (Wildman–Crippen LogP) is 3.72. The molecule has 0 aromatic heterocycles. The van der Waals surface area contributed by atoms with Gasteiger partial charge in [0.2, 0.25) is 5.91 Å². The Labute approximate surface area is 145 Å². The van der Waals surface area contributed by atoms with Crippen LogP contribution in [0.4, 0.5) is 0 Å². The molecule has 24 heavy (non-hydrogen) atoms. The van der Waals surface area contributed by atoms with Gasteiger partial charge in [-0.3, -0.25) is 9.69 Å². The average molecular weight is 326 g/mol. The Bertz CT molecular complexity index is 562. The predicted molar refractivity (Wildman–Crippen MR) is 96.4 cm³/mol. The molecule has 3 heteroatoms. The van der Waals surface area contributed by atoms with E-state index in [1.165, 1.54) is 62.7 Å². The van der Waals surface area contributed by atoms with Gasteiger partial charge in [0, 0.05) is 19.5 Å². The Morgan fingerprint density at radius 2 is 1.79 bits per heavy atom. The molecule has 4 rings (SSSR count). The lowest BCUT2D eigenvalue weighted by atomic mass is 9.86. The van der Waals surface area contributed by atoms with Crippen LogP contribution in [0.15, 0.2) is 24.3 Å². The molecule has 0 unspecified atom stereocenters. The standard InChI is InChI=1S/C21H30N2O/c24-21(13-20-12-18-7-8-19(20)11-18)22-14-16-3-5-17(6-4-16)15-23-9-1-2-10-23/h3-6,18-20H,1-2,7-15H2,(H,22,24)/t18-,19+,20+/m0/s1. The molecular formula is C21H30N2O. The summed E-state index contributed by atoms with van der Waals surface area (Å²) in [7, 11) is 0. The van der Waals surface area contributed by atoms with E-state index in [2.05, 4.69) is 34.5 Å². The van der Waals surface area contributed by atoms with Gasteiger partial charge in [-0.15, -0.1) is 0 Å². The van der Waals surface area contributed by atoms with Gasteiger partial charge >= 0.3 is 0 Å². The van der Waals surface area contributed by atoms with E-state index in [0.717, 1.165) is 24.8 Å². The molecule has 1 heterocycles. The number of hydrogen-bond acceptors (Lipinski definition) is 2. The van der Waals surface area contributed by atoms with Crippen LogP contribution in [0.1, 0.15) is 56.1 Å². The first-order valence-corrected chi connectivity index (χ1v) is 9.83. The lowest BCUT2D eigenvalue weighted by Gasteiger charge is -2.21. The number of amides is 1. The van der Waals surface area contributed by atoms with Gasteiger partial charge in [-0.1, -0.05) is 30.7 Å². The van der Waals surface area contributed by atoms with Crippen LogP contribution in [0.2, 0.25) is 0 Å². The molecule has 1 aliphatic heterocycles. The lowest BCUT2D eigenvalue weighted by molar-refractivity contribution is -0.122. The normalized spacial score (nSPS) is 29.2. The Morgan fingerprint density at radius 1 is 1.04 bits per heavy atom. The van der Waals surface area contributed by atoms with Crippen LogP contribution in [0.5, 0.6) is 0 Å². The van der Waals surface area contributed by atoms with Crippen LogP contribution in [0.3, 0.4) is 0 Å². The fourth-order valence-electron chi connectivity index (χ4n) is 5.10. The first kappa shape index (κ1) is 16.1. The summed E-state index contributed by atoms with van der Waals surface area (Å²) in [6.07, 6.45) is 8.88. The van der Waals surface area contributed by atoms with Crippen LogP contribution in [-0.4, -0.2) is 23.9 Å².